The van der Waals surface area contributed by atoms with Crippen LogP contribution in [0, 0.1) is 5.41 Å². The van der Waals surface area contributed by atoms with Crippen molar-refractivity contribution in [2.75, 3.05) is 0 Å². The summed E-state index contributed by atoms with van der Waals surface area (Å²) >= 11 is 0. The number of aliphatic imine (C=N–C) groups is 1. The van der Waals surface area contributed by atoms with Crippen molar-refractivity contribution in [3.05, 3.63) is 0 Å². The van der Waals surface area contributed by atoms with E-state index in [1.165, 1.54) is 5.84 Å². The van der Waals surface area contributed by atoms with Gasteiger partial charge in [-0.05, 0) is 33.1 Å². The Balaban J connectivity index is 2.79. The zero-order chi connectivity index (χ0) is 11.1. The fourth-order valence-corrected chi connectivity index (χ4v) is 1.97. The Morgan fingerprint density at radius 1 is 1.14 bits per heavy atom. The van der Waals surface area contributed by atoms with E-state index >= 15 is 0 Å². The molecule has 1 unspecified atom stereocenters. The first-order valence-electron chi connectivity index (χ1n) is 5.61. The largest absolute Gasteiger partial charge is 0.345 e. The number of amidine groups is 1. The third kappa shape index (κ3) is 2.28. The minimum absolute atomic E-state index is 0.317. The predicted molar refractivity (Wildman–Crippen MR) is 62.8 cm³/mol. The molecule has 2 heteroatoms. The third-order valence-corrected chi connectivity index (χ3v) is 2.49. The fraction of sp³-hybridized carbons (Fsp3) is 0.917. The molecule has 1 aliphatic rings. The van der Waals surface area contributed by atoms with E-state index in [0.717, 1.165) is 0 Å². The molecule has 2 nitrogen and oxygen atoms in total. The lowest BCUT2D eigenvalue weighted by Gasteiger charge is -2.18. The predicted octanol–water partition coefficient (Wildman–Crippen LogP) is 2.93. The Kier molecular flexibility index (Phi) is 2.93. The minimum atomic E-state index is 0.317. The summed E-state index contributed by atoms with van der Waals surface area (Å²) in [6.45, 7) is 15.6. The van der Waals surface area contributed by atoms with Crippen molar-refractivity contribution in [1.82, 2.24) is 4.90 Å². The number of hydrogen-bond acceptors (Lipinski definition) is 1. The molecule has 0 radical (unpaired) electrons. The average Bonchev–Trinajstić information content (AvgIpc) is 2.58. The van der Waals surface area contributed by atoms with Crippen LogP contribution in [0.5, 0.6) is 0 Å². The van der Waals surface area contributed by atoms with Crippen molar-refractivity contribution in [3.63, 3.8) is 0 Å². The molecular formula is C12H24N2. The van der Waals surface area contributed by atoms with E-state index in [-0.39, 0.29) is 0 Å². The van der Waals surface area contributed by atoms with E-state index in [1.807, 2.05) is 0 Å². The van der Waals surface area contributed by atoms with Crippen LogP contribution in [0.15, 0.2) is 4.99 Å². The van der Waals surface area contributed by atoms with Gasteiger partial charge >= 0.3 is 0 Å². The van der Waals surface area contributed by atoms with Crippen LogP contribution in [0.4, 0.5) is 0 Å². The normalized spacial score (nSPS) is 25.4. The summed E-state index contributed by atoms with van der Waals surface area (Å²) in [6.07, 6.45) is 0. The lowest BCUT2D eigenvalue weighted by atomic mass is 9.91. The molecule has 1 aliphatic heterocycles. The molecule has 0 amide bonds. The first-order chi connectivity index (χ1) is 6.25. The van der Waals surface area contributed by atoms with Crippen LogP contribution in [-0.2, 0) is 0 Å². The van der Waals surface area contributed by atoms with Gasteiger partial charge in [0.15, 0.2) is 0 Å². The maximum Gasteiger partial charge on any atom is 0.124 e. The molecular weight excluding hydrogens is 172 g/mol. The molecule has 0 aromatic heterocycles. The molecule has 1 rings (SSSR count). The Bertz CT molecular complexity index is 233. The number of rotatable bonds is 2. The standard InChI is InChI=1S/C12H24N2/c1-8(2)13-11-10(12(5,6)7)14(11)9(3)4/h8-10H,1-7H3. The second kappa shape index (κ2) is 3.56. The molecule has 0 aliphatic carbocycles. The second-order valence-electron chi connectivity index (χ2n) is 5.85. The molecule has 0 saturated carbocycles. The van der Waals surface area contributed by atoms with Crippen LogP contribution in [0.25, 0.3) is 0 Å². The molecule has 0 aromatic carbocycles. The summed E-state index contributed by atoms with van der Waals surface area (Å²) in [6, 6.07) is 1.56. The Morgan fingerprint density at radius 2 is 1.64 bits per heavy atom. The van der Waals surface area contributed by atoms with Gasteiger partial charge in [0.1, 0.15) is 5.84 Å². The van der Waals surface area contributed by atoms with Gasteiger partial charge in [0.25, 0.3) is 0 Å². The molecule has 1 atom stereocenters. The van der Waals surface area contributed by atoms with E-state index in [4.69, 9.17) is 0 Å². The van der Waals surface area contributed by atoms with Gasteiger partial charge in [-0.2, -0.15) is 0 Å². The van der Waals surface area contributed by atoms with Gasteiger partial charge in [-0.25, -0.2) is 0 Å². The Hall–Kier alpha value is -0.530. The summed E-state index contributed by atoms with van der Waals surface area (Å²) in [4.78, 5) is 7.11. The summed E-state index contributed by atoms with van der Waals surface area (Å²) < 4.78 is 0. The third-order valence-electron chi connectivity index (χ3n) is 2.49. The Labute approximate surface area is 88.4 Å². The maximum atomic E-state index is 4.68. The van der Waals surface area contributed by atoms with Crippen LogP contribution in [0.1, 0.15) is 48.5 Å². The Morgan fingerprint density at radius 3 is 1.86 bits per heavy atom. The van der Waals surface area contributed by atoms with Crippen molar-refractivity contribution in [2.24, 2.45) is 10.4 Å². The molecule has 1 heterocycles. The van der Waals surface area contributed by atoms with Crippen LogP contribution in [0.3, 0.4) is 0 Å². The summed E-state index contributed by atoms with van der Waals surface area (Å²) in [5.41, 5.74) is 0.317. The first kappa shape index (κ1) is 11.5. The highest BCUT2D eigenvalue weighted by atomic mass is 15.4. The van der Waals surface area contributed by atoms with E-state index in [2.05, 4.69) is 58.4 Å². The minimum Gasteiger partial charge on any atom is -0.345 e. The van der Waals surface area contributed by atoms with Gasteiger partial charge in [-0.15, -0.1) is 0 Å². The smallest absolute Gasteiger partial charge is 0.124 e. The summed E-state index contributed by atoms with van der Waals surface area (Å²) in [5, 5.41) is 0. The quantitative estimate of drug-likeness (QED) is 0.620. The van der Waals surface area contributed by atoms with Crippen molar-refractivity contribution in [3.8, 4) is 0 Å². The molecule has 1 fully saturated rings. The van der Waals surface area contributed by atoms with E-state index in [0.29, 0.717) is 23.5 Å². The van der Waals surface area contributed by atoms with E-state index in [1.54, 1.807) is 0 Å². The summed E-state index contributed by atoms with van der Waals surface area (Å²) in [5.74, 6) is 1.31. The number of nitrogens with zero attached hydrogens (tertiary/aromatic N) is 2. The molecule has 82 valence electrons. The van der Waals surface area contributed by atoms with Gasteiger partial charge in [0.2, 0.25) is 0 Å². The fourth-order valence-electron chi connectivity index (χ4n) is 1.97. The lowest BCUT2D eigenvalue weighted by Crippen LogP contribution is -2.22. The average molecular weight is 196 g/mol. The van der Waals surface area contributed by atoms with Gasteiger partial charge in [0, 0.05) is 12.1 Å². The van der Waals surface area contributed by atoms with Crippen molar-refractivity contribution < 1.29 is 0 Å². The van der Waals surface area contributed by atoms with Crippen molar-refractivity contribution >= 4 is 5.84 Å². The number of hydrogen-bond donors (Lipinski definition) is 0. The molecule has 0 spiro atoms. The van der Waals surface area contributed by atoms with Crippen LogP contribution in [-0.4, -0.2) is 28.9 Å². The van der Waals surface area contributed by atoms with E-state index in [9.17, 15) is 0 Å². The van der Waals surface area contributed by atoms with Crippen molar-refractivity contribution in [1.29, 1.82) is 0 Å². The molecule has 0 aromatic rings. The van der Waals surface area contributed by atoms with Crippen LogP contribution >= 0.6 is 0 Å². The van der Waals surface area contributed by atoms with Gasteiger partial charge < -0.3 is 4.90 Å². The van der Waals surface area contributed by atoms with Gasteiger partial charge in [-0.3, -0.25) is 4.99 Å². The van der Waals surface area contributed by atoms with Crippen molar-refractivity contribution in [2.45, 2.75) is 66.6 Å². The second-order valence-corrected chi connectivity index (χ2v) is 5.85. The molecule has 14 heavy (non-hydrogen) atoms. The SMILES string of the molecule is CC(C)N=C1C(C(C)(C)C)N1C(C)C. The topological polar surface area (TPSA) is 15.4 Å². The van der Waals surface area contributed by atoms with Gasteiger partial charge in [0.05, 0.1) is 6.04 Å². The lowest BCUT2D eigenvalue weighted by molar-refractivity contribution is 0.300. The zero-order valence-corrected chi connectivity index (χ0v) is 10.6. The first-order valence-corrected chi connectivity index (χ1v) is 5.61. The highest BCUT2D eigenvalue weighted by Crippen LogP contribution is 2.39. The highest BCUT2D eigenvalue weighted by molar-refractivity contribution is 6.02. The maximum absolute atomic E-state index is 4.68. The zero-order valence-electron chi connectivity index (χ0n) is 10.6. The highest BCUT2D eigenvalue weighted by Gasteiger charge is 2.51. The van der Waals surface area contributed by atoms with Gasteiger partial charge in [-0.1, -0.05) is 20.8 Å². The van der Waals surface area contributed by atoms with Crippen LogP contribution < -0.4 is 0 Å². The summed E-state index contributed by atoms with van der Waals surface area (Å²) in [7, 11) is 0. The molecule has 0 N–H and O–H groups in total. The van der Waals surface area contributed by atoms with E-state index < -0.39 is 0 Å². The van der Waals surface area contributed by atoms with Crippen LogP contribution in [0.2, 0.25) is 0 Å². The monoisotopic (exact) mass is 196 g/mol. The molecule has 1 saturated heterocycles. The molecule has 0 bridgehead atoms.